The number of benzene rings is 2. The van der Waals surface area contributed by atoms with Gasteiger partial charge >= 0.3 is 5.97 Å². The van der Waals surface area contributed by atoms with Gasteiger partial charge in [0.25, 0.3) is 5.91 Å². The zero-order chi connectivity index (χ0) is 18.8. The molecule has 7 heteroatoms. The van der Waals surface area contributed by atoms with E-state index in [0.717, 1.165) is 28.6 Å². The van der Waals surface area contributed by atoms with Gasteiger partial charge in [0.05, 0.1) is 24.0 Å². The van der Waals surface area contributed by atoms with Crippen LogP contribution in [0.15, 0.2) is 42.5 Å². The second-order valence-electron chi connectivity index (χ2n) is 6.65. The number of nitrogens with zero attached hydrogens (tertiary/aromatic N) is 1. The number of aromatic nitrogens is 2. The number of amides is 1. The van der Waals surface area contributed by atoms with Crippen molar-refractivity contribution >= 4 is 22.9 Å². The van der Waals surface area contributed by atoms with Gasteiger partial charge in [-0.2, -0.15) is 0 Å². The van der Waals surface area contributed by atoms with Gasteiger partial charge in [0.2, 0.25) is 0 Å². The van der Waals surface area contributed by atoms with Crippen LogP contribution >= 0.6 is 0 Å². The van der Waals surface area contributed by atoms with Crippen LogP contribution in [-0.4, -0.2) is 33.5 Å². The summed E-state index contributed by atoms with van der Waals surface area (Å²) in [5, 5.41) is 15.2. The van der Waals surface area contributed by atoms with Crippen molar-refractivity contribution in [2.75, 3.05) is 6.54 Å². The van der Waals surface area contributed by atoms with Gasteiger partial charge in [0, 0.05) is 11.6 Å². The molecule has 0 spiro atoms. The van der Waals surface area contributed by atoms with Crippen LogP contribution in [0.1, 0.15) is 39.8 Å². The van der Waals surface area contributed by atoms with Gasteiger partial charge in [-0.15, -0.1) is 0 Å². The van der Waals surface area contributed by atoms with E-state index in [-0.39, 0.29) is 18.4 Å². The molecule has 3 aromatic rings. The predicted octanol–water partition coefficient (Wildman–Crippen LogP) is 2.15. The number of hydrogen-bond acceptors (Lipinski definition) is 4. The Morgan fingerprint density at radius 2 is 2.07 bits per heavy atom. The van der Waals surface area contributed by atoms with E-state index in [1.807, 2.05) is 36.4 Å². The van der Waals surface area contributed by atoms with Gasteiger partial charge in [-0.3, -0.25) is 9.59 Å². The molecule has 2 aromatic carbocycles. The Bertz CT molecular complexity index is 978. The number of para-hydroxylation sites is 2. The minimum atomic E-state index is -0.840. The first-order valence-electron chi connectivity index (χ1n) is 8.90. The number of carboxylic acids is 1. The van der Waals surface area contributed by atoms with Crippen molar-refractivity contribution in [1.29, 1.82) is 0 Å². The lowest BCUT2D eigenvalue weighted by molar-refractivity contribution is -0.137. The van der Waals surface area contributed by atoms with E-state index in [1.54, 1.807) is 6.07 Å². The zero-order valence-electron chi connectivity index (χ0n) is 14.7. The molecule has 1 aliphatic heterocycles. The minimum absolute atomic E-state index is 0.0323. The minimum Gasteiger partial charge on any atom is -0.481 e. The number of aliphatic carboxylic acids is 1. The molecular weight excluding hydrogens is 344 g/mol. The number of nitrogens with one attached hydrogen (secondary N) is 3. The van der Waals surface area contributed by atoms with Crippen molar-refractivity contribution in [3.63, 3.8) is 0 Å². The Balaban J connectivity index is 1.46. The van der Waals surface area contributed by atoms with Crippen molar-refractivity contribution in [3.05, 3.63) is 65.0 Å². The SMILES string of the molecule is O=C(O)CC1NCCc2cc(C(=O)NCc3nc4ccccc4[nH]3)ccc21. The number of H-pyrrole nitrogens is 1. The first-order valence-corrected chi connectivity index (χ1v) is 8.90. The smallest absolute Gasteiger partial charge is 0.305 e. The number of rotatable bonds is 5. The Kier molecular flexibility index (Phi) is 4.60. The summed E-state index contributed by atoms with van der Waals surface area (Å²) in [7, 11) is 0. The number of imidazole rings is 1. The molecule has 1 unspecified atom stereocenters. The number of carbonyl (C=O) groups excluding carboxylic acids is 1. The molecule has 7 nitrogen and oxygen atoms in total. The first kappa shape index (κ1) is 17.2. The highest BCUT2D eigenvalue weighted by Crippen LogP contribution is 2.26. The van der Waals surface area contributed by atoms with Crippen molar-refractivity contribution in [2.24, 2.45) is 0 Å². The maximum Gasteiger partial charge on any atom is 0.305 e. The second-order valence-corrected chi connectivity index (χ2v) is 6.65. The van der Waals surface area contributed by atoms with Crippen molar-refractivity contribution in [1.82, 2.24) is 20.6 Å². The third-order valence-corrected chi connectivity index (χ3v) is 4.80. The van der Waals surface area contributed by atoms with E-state index in [1.165, 1.54) is 0 Å². The quantitative estimate of drug-likeness (QED) is 0.555. The maximum absolute atomic E-state index is 12.5. The Morgan fingerprint density at radius 3 is 2.89 bits per heavy atom. The molecule has 0 saturated heterocycles. The fraction of sp³-hybridized carbons (Fsp3) is 0.250. The Morgan fingerprint density at radius 1 is 1.22 bits per heavy atom. The molecule has 1 amide bonds. The van der Waals surface area contributed by atoms with Gasteiger partial charge in [-0.1, -0.05) is 18.2 Å². The van der Waals surface area contributed by atoms with Crippen LogP contribution in [0.25, 0.3) is 11.0 Å². The topological polar surface area (TPSA) is 107 Å². The molecule has 2 heterocycles. The van der Waals surface area contributed by atoms with Crippen LogP contribution in [0.2, 0.25) is 0 Å². The van der Waals surface area contributed by atoms with Crippen LogP contribution in [0.4, 0.5) is 0 Å². The van der Waals surface area contributed by atoms with Gasteiger partial charge in [-0.05, 0) is 48.4 Å². The van der Waals surface area contributed by atoms with E-state index in [2.05, 4.69) is 20.6 Å². The lowest BCUT2D eigenvalue weighted by atomic mass is 9.91. The molecule has 4 rings (SSSR count). The predicted molar refractivity (Wildman–Crippen MR) is 100 cm³/mol. The molecular formula is C20H20N4O3. The number of aromatic amines is 1. The fourth-order valence-corrected chi connectivity index (χ4v) is 3.51. The Hall–Kier alpha value is -3.19. The summed E-state index contributed by atoms with van der Waals surface area (Å²) in [6.45, 7) is 1.02. The fourth-order valence-electron chi connectivity index (χ4n) is 3.51. The lowest BCUT2D eigenvalue weighted by Crippen LogP contribution is -2.32. The van der Waals surface area contributed by atoms with E-state index in [0.29, 0.717) is 24.5 Å². The second kappa shape index (κ2) is 7.20. The van der Waals surface area contributed by atoms with Crippen LogP contribution in [0.3, 0.4) is 0 Å². The van der Waals surface area contributed by atoms with Crippen LogP contribution in [0, 0.1) is 0 Å². The summed E-state index contributed by atoms with van der Waals surface area (Å²) in [5.41, 5.74) is 4.36. The van der Waals surface area contributed by atoms with Crippen LogP contribution in [-0.2, 0) is 17.8 Å². The monoisotopic (exact) mass is 364 g/mol. The van der Waals surface area contributed by atoms with Gasteiger partial charge in [-0.25, -0.2) is 4.98 Å². The standard InChI is InChI=1S/C20H20N4O3/c25-19(26)10-17-14-6-5-13(9-12(14)7-8-21-17)20(27)22-11-18-23-15-3-1-2-4-16(15)24-18/h1-6,9,17,21H,7-8,10-11H2,(H,22,27)(H,23,24)(H,25,26). The van der Waals surface area contributed by atoms with Gasteiger partial charge in [0.15, 0.2) is 0 Å². The summed E-state index contributed by atoms with van der Waals surface area (Å²) in [4.78, 5) is 31.2. The van der Waals surface area contributed by atoms with Gasteiger partial charge in [0.1, 0.15) is 5.82 Å². The van der Waals surface area contributed by atoms with E-state index in [4.69, 9.17) is 5.11 Å². The van der Waals surface area contributed by atoms with E-state index in [9.17, 15) is 9.59 Å². The van der Waals surface area contributed by atoms with Gasteiger partial charge < -0.3 is 20.7 Å². The first-order chi connectivity index (χ1) is 13.1. The molecule has 1 aromatic heterocycles. The summed E-state index contributed by atoms with van der Waals surface area (Å²) in [5.74, 6) is -0.312. The van der Waals surface area contributed by atoms with E-state index < -0.39 is 5.97 Å². The highest BCUT2D eigenvalue weighted by Gasteiger charge is 2.23. The van der Waals surface area contributed by atoms with Crippen molar-refractivity contribution in [3.8, 4) is 0 Å². The molecule has 0 radical (unpaired) electrons. The largest absolute Gasteiger partial charge is 0.481 e. The molecule has 0 saturated carbocycles. The molecule has 0 bridgehead atoms. The maximum atomic E-state index is 12.5. The van der Waals surface area contributed by atoms with Crippen molar-refractivity contribution in [2.45, 2.75) is 25.4 Å². The molecule has 0 aliphatic carbocycles. The third-order valence-electron chi connectivity index (χ3n) is 4.80. The summed E-state index contributed by atoms with van der Waals surface area (Å²) in [6, 6.07) is 13.0. The molecule has 1 atom stereocenters. The molecule has 138 valence electrons. The lowest BCUT2D eigenvalue weighted by Gasteiger charge is -2.26. The number of carboxylic acid groups (broad SMARTS) is 1. The normalized spacial score (nSPS) is 16.1. The average Bonchev–Trinajstić information content (AvgIpc) is 3.08. The number of carbonyl (C=O) groups is 2. The number of fused-ring (bicyclic) bond motifs is 2. The molecule has 4 N–H and O–H groups in total. The molecule has 1 aliphatic rings. The number of hydrogen-bond donors (Lipinski definition) is 4. The van der Waals surface area contributed by atoms with Crippen LogP contribution < -0.4 is 10.6 Å². The highest BCUT2D eigenvalue weighted by atomic mass is 16.4. The van der Waals surface area contributed by atoms with Crippen molar-refractivity contribution < 1.29 is 14.7 Å². The molecule has 27 heavy (non-hydrogen) atoms. The highest BCUT2D eigenvalue weighted by molar-refractivity contribution is 5.94. The molecule has 0 fully saturated rings. The third kappa shape index (κ3) is 3.68. The zero-order valence-corrected chi connectivity index (χ0v) is 14.7. The summed E-state index contributed by atoms with van der Waals surface area (Å²) < 4.78 is 0. The van der Waals surface area contributed by atoms with Crippen LogP contribution in [0.5, 0.6) is 0 Å². The summed E-state index contributed by atoms with van der Waals surface area (Å²) >= 11 is 0. The average molecular weight is 364 g/mol. The Labute approximate surface area is 155 Å². The van der Waals surface area contributed by atoms with E-state index >= 15 is 0 Å². The summed E-state index contributed by atoms with van der Waals surface area (Å²) in [6.07, 6.45) is 0.806.